The molecule has 30 heavy (non-hydrogen) atoms. The van der Waals surface area contributed by atoms with Gasteiger partial charge in [0.15, 0.2) is 5.96 Å². The summed E-state index contributed by atoms with van der Waals surface area (Å²) in [4.78, 5) is 7.12. The number of aliphatic hydroxyl groups is 1. The van der Waals surface area contributed by atoms with E-state index in [0.29, 0.717) is 19.1 Å². The van der Waals surface area contributed by atoms with E-state index in [4.69, 9.17) is 4.99 Å². The number of aliphatic imine (C=N–C) groups is 1. The highest BCUT2D eigenvalue weighted by Crippen LogP contribution is 2.23. The number of anilines is 1. The number of nitrogens with zero attached hydrogens (tertiary/aromatic N) is 5. The Kier molecular flexibility index (Phi) is 8.50. The van der Waals surface area contributed by atoms with E-state index in [9.17, 15) is 5.11 Å². The third-order valence-electron chi connectivity index (χ3n) is 5.60. The molecule has 1 aromatic carbocycles. The van der Waals surface area contributed by atoms with Gasteiger partial charge < -0.3 is 25.2 Å². The van der Waals surface area contributed by atoms with Gasteiger partial charge >= 0.3 is 0 Å². The first-order valence-electron chi connectivity index (χ1n) is 11.1. The molecule has 0 aliphatic carbocycles. The Morgan fingerprint density at radius 1 is 1.17 bits per heavy atom. The van der Waals surface area contributed by atoms with Crippen LogP contribution in [0.5, 0.6) is 0 Å². The van der Waals surface area contributed by atoms with E-state index in [2.05, 4.69) is 68.4 Å². The van der Waals surface area contributed by atoms with Gasteiger partial charge in [0.1, 0.15) is 12.2 Å². The minimum absolute atomic E-state index is 0.311. The molecule has 1 fully saturated rings. The van der Waals surface area contributed by atoms with Crippen molar-refractivity contribution in [2.45, 2.75) is 46.2 Å². The zero-order valence-electron chi connectivity index (χ0n) is 18.2. The molecular weight excluding hydrogens is 378 g/mol. The van der Waals surface area contributed by atoms with Gasteiger partial charge in [0.25, 0.3) is 0 Å². The van der Waals surface area contributed by atoms with Crippen LogP contribution in [0.3, 0.4) is 0 Å². The number of aliphatic hydroxyl groups excluding tert-OH is 1. The average Bonchev–Trinajstić information content (AvgIpc) is 3.25. The molecule has 0 unspecified atom stereocenters. The number of hydrogen-bond donors (Lipinski definition) is 3. The smallest absolute Gasteiger partial charge is 0.191 e. The summed E-state index contributed by atoms with van der Waals surface area (Å²) >= 11 is 0. The van der Waals surface area contributed by atoms with E-state index in [1.54, 1.807) is 6.33 Å². The molecular formula is C22H35N7O. The molecule has 164 valence electrons. The molecule has 0 amide bonds. The molecule has 8 heteroatoms. The van der Waals surface area contributed by atoms with Crippen molar-refractivity contribution in [1.29, 1.82) is 0 Å². The lowest BCUT2D eigenvalue weighted by Gasteiger charge is -2.32. The first-order chi connectivity index (χ1) is 14.7. The van der Waals surface area contributed by atoms with Crippen molar-refractivity contribution in [3.05, 3.63) is 42.0 Å². The summed E-state index contributed by atoms with van der Waals surface area (Å²) in [6.07, 6.45) is 4.78. The van der Waals surface area contributed by atoms with Gasteiger partial charge in [0, 0.05) is 51.4 Å². The van der Waals surface area contributed by atoms with Gasteiger partial charge in [-0.3, -0.25) is 0 Å². The maximum Gasteiger partial charge on any atom is 0.191 e. The number of aryl methyl sites for hydroxylation is 1. The van der Waals surface area contributed by atoms with Crippen molar-refractivity contribution < 1.29 is 5.11 Å². The highest BCUT2D eigenvalue weighted by Gasteiger charge is 2.18. The average molecular weight is 414 g/mol. The van der Waals surface area contributed by atoms with Crippen molar-refractivity contribution in [3.63, 3.8) is 0 Å². The van der Waals surface area contributed by atoms with Crippen LogP contribution in [0.2, 0.25) is 0 Å². The van der Waals surface area contributed by atoms with Crippen molar-refractivity contribution >= 4 is 11.6 Å². The first kappa shape index (κ1) is 22.1. The molecule has 0 radical (unpaired) electrons. The number of nitrogens with one attached hydrogen (secondary N) is 2. The maximum absolute atomic E-state index is 9.30. The number of piperidine rings is 1. The summed E-state index contributed by atoms with van der Waals surface area (Å²) < 4.78 is 2.07. The third kappa shape index (κ3) is 6.19. The number of benzene rings is 1. The van der Waals surface area contributed by atoms with Crippen LogP contribution >= 0.6 is 0 Å². The highest BCUT2D eigenvalue weighted by molar-refractivity contribution is 5.79. The van der Waals surface area contributed by atoms with Crippen LogP contribution in [0.15, 0.2) is 35.6 Å². The van der Waals surface area contributed by atoms with Gasteiger partial charge in [0.05, 0.1) is 6.54 Å². The monoisotopic (exact) mass is 413 g/mol. The summed E-state index contributed by atoms with van der Waals surface area (Å²) in [5.41, 5.74) is 2.44. The summed E-state index contributed by atoms with van der Waals surface area (Å²) in [6, 6.07) is 8.68. The lowest BCUT2D eigenvalue weighted by molar-refractivity contribution is 0.203. The maximum atomic E-state index is 9.30. The van der Waals surface area contributed by atoms with Crippen molar-refractivity contribution in [3.8, 4) is 0 Å². The van der Waals surface area contributed by atoms with Crippen molar-refractivity contribution in [2.75, 3.05) is 37.7 Å². The predicted molar refractivity (Wildman–Crippen MR) is 121 cm³/mol. The van der Waals surface area contributed by atoms with E-state index in [1.165, 1.54) is 11.3 Å². The lowest BCUT2D eigenvalue weighted by atomic mass is 9.97. The van der Waals surface area contributed by atoms with E-state index >= 15 is 0 Å². The zero-order valence-corrected chi connectivity index (χ0v) is 18.2. The van der Waals surface area contributed by atoms with Crippen LogP contribution in [0, 0.1) is 5.92 Å². The molecule has 2 heterocycles. The Balaban J connectivity index is 1.50. The van der Waals surface area contributed by atoms with Crippen LogP contribution in [0.4, 0.5) is 5.69 Å². The quantitative estimate of drug-likeness (QED) is 0.429. The molecule has 1 saturated heterocycles. The molecule has 1 aliphatic heterocycles. The summed E-state index contributed by atoms with van der Waals surface area (Å²) in [7, 11) is 0. The summed E-state index contributed by atoms with van der Waals surface area (Å²) in [5.74, 6) is 2.28. The van der Waals surface area contributed by atoms with Gasteiger partial charge in [-0.2, -0.15) is 0 Å². The predicted octanol–water partition coefficient (Wildman–Crippen LogP) is 1.80. The number of aromatic nitrogens is 3. The van der Waals surface area contributed by atoms with Crippen LogP contribution < -0.4 is 15.5 Å². The SMILES string of the molecule is CCNC(=NCc1ccc(N2CCC(CO)CC2)cc1)NCCn1cnnc1CC. The van der Waals surface area contributed by atoms with Crippen LogP contribution in [-0.2, 0) is 19.5 Å². The molecule has 0 atom stereocenters. The molecule has 0 saturated carbocycles. The summed E-state index contributed by atoms with van der Waals surface area (Å²) in [6.45, 7) is 9.53. The van der Waals surface area contributed by atoms with Crippen molar-refractivity contribution in [2.24, 2.45) is 10.9 Å². The first-order valence-corrected chi connectivity index (χ1v) is 11.1. The second kappa shape index (κ2) is 11.5. The standard InChI is InChI=1S/C22H35N7O/c1-3-21-27-26-17-29(21)14-11-24-22(23-4-2)25-15-18-5-7-20(8-6-18)28-12-9-19(16-30)10-13-28/h5-8,17,19,30H,3-4,9-16H2,1-2H3,(H2,23,24,25). The molecule has 3 N–H and O–H groups in total. The largest absolute Gasteiger partial charge is 0.396 e. The fourth-order valence-corrected chi connectivity index (χ4v) is 3.73. The minimum atomic E-state index is 0.311. The van der Waals surface area contributed by atoms with Crippen LogP contribution in [0.1, 0.15) is 38.1 Å². The second-order valence-corrected chi connectivity index (χ2v) is 7.70. The topological polar surface area (TPSA) is 90.6 Å². The van der Waals surface area contributed by atoms with Crippen LogP contribution in [-0.4, -0.2) is 58.6 Å². The second-order valence-electron chi connectivity index (χ2n) is 7.70. The molecule has 8 nitrogen and oxygen atoms in total. The van der Waals surface area contributed by atoms with Crippen LogP contribution in [0.25, 0.3) is 0 Å². The van der Waals surface area contributed by atoms with E-state index in [1.807, 2.05) is 0 Å². The van der Waals surface area contributed by atoms with Gasteiger partial charge in [-0.1, -0.05) is 19.1 Å². The Morgan fingerprint density at radius 3 is 2.60 bits per heavy atom. The Morgan fingerprint density at radius 2 is 1.93 bits per heavy atom. The molecule has 2 aromatic rings. The number of hydrogen-bond acceptors (Lipinski definition) is 5. The van der Waals surface area contributed by atoms with Gasteiger partial charge in [0.2, 0.25) is 0 Å². The fraction of sp³-hybridized carbons (Fsp3) is 0.591. The minimum Gasteiger partial charge on any atom is -0.396 e. The van der Waals surface area contributed by atoms with E-state index in [-0.39, 0.29) is 0 Å². The number of rotatable bonds is 9. The van der Waals surface area contributed by atoms with Gasteiger partial charge in [-0.15, -0.1) is 10.2 Å². The molecule has 0 spiro atoms. The molecule has 1 aliphatic rings. The number of guanidine groups is 1. The fourth-order valence-electron chi connectivity index (χ4n) is 3.73. The zero-order chi connectivity index (χ0) is 21.2. The van der Waals surface area contributed by atoms with E-state index in [0.717, 1.165) is 63.8 Å². The Bertz CT molecular complexity index is 779. The molecule has 3 rings (SSSR count). The van der Waals surface area contributed by atoms with Crippen molar-refractivity contribution in [1.82, 2.24) is 25.4 Å². The van der Waals surface area contributed by atoms with E-state index < -0.39 is 0 Å². The highest BCUT2D eigenvalue weighted by atomic mass is 16.3. The summed E-state index contributed by atoms with van der Waals surface area (Å²) in [5, 5.41) is 24.1. The Labute approximate surface area is 179 Å². The molecule has 1 aromatic heterocycles. The van der Waals surface area contributed by atoms with Gasteiger partial charge in [-0.05, 0) is 43.4 Å². The normalized spacial score (nSPS) is 15.4. The third-order valence-corrected chi connectivity index (χ3v) is 5.60. The van der Waals surface area contributed by atoms with Gasteiger partial charge in [-0.25, -0.2) is 4.99 Å². The Hall–Kier alpha value is -2.61. The lowest BCUT2D eigenvalue weighted by Crippen LogP contribution is -2.38. The molecule has 0 bridgehead atoms.